The van der Waals surface area contributed by atoms with Crippen molar-refractivity contribution in [2.24, 2.45) is 0 Å². The Morgan fingerprint density at radius 3 is 2.33 bits per heavy atom. The molecule has 0 saturated carbocycles. The summed E-state index contributed by atoms with van der Waals surface area (Å²) in [5.74, 6) is -0.943. The van der Waals surface area contributed by atoms with Gasteiger partial charge in [-0.2, -0.15) is 0 Å². The number of nitrogens with zero attached hydrogens (tertiary/aromatic N) is 1. The summed E-state index contributed by atoms with van der Waals surface area (Å²) < 4.78 is 41.5. The first-order chi connectivity index (χ1) is 14.2. The van der Waals surface area contributed by atoms with Crippen LogP contribution >= 0.6 is 0 Å². The van der Waals surface area contributed by atoms with E-state index < -0.39 is 28.3 Å². The summed E-state index contributed by atoms with van der Waals surface area (Å²) in [6.45, 7) is 5.34. The van der Waals surface area contributed by atoms with Crippen molar-refractivity contribution in [3.63, 3.8) is 0 Å². The standard InChI is InChI=1S/C23H21FN2O3S/c1-14-10-15(2)23(16(3)11-14)25-22(27)13-26-20-9-8-17(24)12-19(20)18-6-4-5-7-21(18)30(26,28)29/h4-12H,13H2,1-3H3,(H,25,27). The third-order valence-electron chi connectivity index (χ3n) is 5.20. The van der Waals surface area contributed by atoms with Gasteiger partial charge in [-0.25, -0.2) is 12.8 Å². The maximum Gasteiger partial charge on any atom is 0.265 e. The number of carbonyl (C=O) groups is 1. The van der Waals surface area contributed by atoms with Crippen molar-refractivity contribution < 1.29 is 17.6 Å². The third kappa shape index (κ3) is 3.35. The van der Waals surface area contributed by atoms with Crippen LogP contribution in [0.3, 0.4) is 0 Å². The number of fused-ring (bicyclic) bond motifs is 3. The van der Waals surface area contributed by atoms with Crippen LogP contribution in [0.15, 0.2) is 59.5 Å². The molecule has 1 aliphatic heterocycles. The van der Waals surface area contributed by atoms with E-state index in [2.05, 4.69) is 5.32 Å². The molecule has 7 heteroatoms. The molecule has 3 aromatic carbocycles. The average molecular weight is 424 g/mol. The minimum atomic E-state index is -3.97. The number of hydrogen-bond donors (Lipinski definition) is 1. The zero-order valence-electron chi connectivity index (χ0n) is 16.9. The average Bonchev–Trinajstić information content (AvgIpc) is 2.68. The Morgan fingerprint density at radius 1 is 0.967 bits per heavy atom. The first-order valence-corrected chi connectivity index (χ1v) is 10.9. The lowest BCUT2D eigenvalue weighted by Gasteiger charge is -2.31. The molecule has 1 amide bonds. The highest BCUT2D eigenvalue weighted by atomic mass is 32.2. The summed E-state index contributed by atoms with van der Waals surface area (Å²) in [4.78, 5) is 12.9. The van der Waals surface area contributed by atoms with E-state index in [0.29, 0.717) is 16.8 Å². The normalized spacial score (nSPS) is 14.1. The summed E-state index contributed by atoms with van der Waals surface area (Å²) in [5, 5.41) is 2.84. The second-order valence-electron chi connectivity index (χ2n) is 7.49. The quantitative estimate of drug-likeness (QED) is 0.670. The molecule has 4 rings (SSSR count). The molecule has 0 fully saturated rings. The van der Waals surface area contributed by atoms with Gasteiger partial charge in [0.05, 0.1) is 10.6 Å². The molecule has 1 aliphatic rings. The number of benzene rings is 3. The fourth-order valence-corrected chi connectivity index (χ4v) is 5.61. The Labute approximate surface area is 175 Å². The van der Waals surface area contributed by atoms with Crippen molar-refractivity contribution in [2.75, 3.05) is 16.2 Å². The summed E-state index contributed by atoms with van der Waals surface area (Å²) in [6, 6.07) is 14.2. The van der Waals surface area contributed by atoms with Gasteiger partial charge in [-0.05, 0) is 56.2 Å². The van der Waals surface area contributed by atoms with Gasteiger partial charge in [0.15, 0.2) is 0 Å². The lowest BCUT2D eigenvalue weighted by Crippen LogP contribution is -2.40. The molecular formula is C23H21FN2O3S. The van der Waals surface area contributed by atoms with Gasteiger partial charge in [0.2, 0.25) is 5.91 Å². The topological polar surface area (TPSA) is 66.5 Å². The molecular weight excluding hydrogens is 403 g/mol. The van der Waals surface area contributed by atoms with Gasteiger partial charge >= 0.3 is 0 Å². The fourth-order valence-electron chi connectivity index (χ4n) is 3.96. The zero-order chi connectivity index (χ0) is 21.6. The molecule has 5 nitrogen and oxygen atoms in total. The highest BCUT2D eigenvalue weighted by Gasteiger charge is 2.36. The number of rotatable bonds is 3. The number of halogens is 1. The predicted molar refractivity (Wildman–Crippen MR) is 116 cm³/mol. The van der Waals surface area contributed by atoms with Crippen LogP contribution in [0.4, 0.5) is 15.8 Å². The van der Waals surface area contributed by atoms with Crippen LogP contribution in [-0.2, 0) is 14.8 Å². The van der Waals surface area contributed by atoms with E-state index in [1.54, 1.807) is 18.2 Å². The van der Waals surface area contributed by atoms with E-state index in [0.717, 1.165) is 21.0 Å². The largest absolute Gasteiger partial charge is 0.324 e. The van der Waals surface area contributed by atoms with Gasteiger partial charge in [0, 0.05) is 16.8 Å². The van der Waals surface area contributed by atoms with Crippen LogP contribution in [0.25, 0.3) is 11.1 Å². The summed E-state index contributed by atoms with van der Waals surface area (Å²) in [5.41, 5.74) is 4.69. The van der Waals surface area contributed by atoms with Gasteiger partial charge < -0.3 is 5.32 Å². The number of nitrogens with one attached hydrogen (secondary N) is 1. The van der Waals surface area contributed by atoms with Crippen molar-refractivity contribution in [1.29, 1.82) is 0 Å². The maximum absolute atomic E-state index is 13.9. The molecule has 30 heavy (non-hydrogen) atoms. The van der Waals surface area contributed by atoms with Crippen molar-refractivity contribution in [2.45, 2.75) is 25.7 Å². The van der Waals surface area contributed by atoms with Gasteiger partial charge in [-0.15, -0.1) is 0 Å². The molecule has 1 N–H and O–H groups in total. The van der Waals surface area contributed by atoms with Gasteiger partial charge in [0.25, 0.3) is 10.0 Å². The van der Waals surface area contributed by atoms with Gasteiger partial charge in [-0.1, -0.05) is 35.9 Å². The van der Waals surface area contributed by atoms with E-state index >= 15 is 0 Å². The number of carbonyl (C=O) groups excluding carboxylic acids is 1. The monoisotopic (exact) mass is 424 g/mol. The summed E-state index contributed by atoms with van der Waals surface area (Å²) in [7, 11) is -3.97. The number of sulfonamides is 1. The van der Waals surface area contributed by atoms with Crippen LogP contribution < -0.4 is 9.62 Å². The van der Waals surface area contributed by atoms with Crippen LogP contribution in [-0.4, -0.2) is 20.9 Å². The SMILES string of the molecule is Cc1cc(C)c(NC(=O)CN2c3ccc(F)cc3-c3ccccc3S2(=O)=O)c(C)c1. The van der Waals surface area contributed by atoms with Crippen LogP contribution in [0.5, 0.6) is 0 Å². The van der Waals surface area contributed by atoms with E-state index in [4.69, 9.17) is 0 Å². The molecule has 1 heterocycles. The number of aryl methyl sites for hydroxylation is 3. The Hall–Kier alpha value is -3.19. The van der Waals surface area contributed by atoms with Crippen LogP contribution in [0.1, 0.15) is 16.7 Å². The highest BCUT2D eigenvalue weighted by molar-refractivity contribution is 7.93. The molecule has 0 aliphatic carbocycles. The fraction of sp³-hybridized carbons (Fsp3) is 0.174. The first kappa shape index (κ1) is 20.1. The van der Waals surface area contributed by atoms with Crippen molar-refractivity contribution >= 4 is 27.3 Å². The maximum atomic E-state index is 13.9. The molecule has 3 aromatic rings. The summed E-state index contributed by atoms with van der Waals surface area (Å²) >= 11 is 0. The highest BCUT2D eigenvalue weighted by Crippen LogP contribution is 2.43. The van der Waals surface area contributed by atoms with Crippen molar-refractivity contribution in [3.8, 4) is 11.1 Å². The molecule has 0 aromatic heterocycles. The second-order valence-corrected chi connectivity index (χ2v) is 9.32. The Balaban J connectivity index is 1.74. The molecule has 0 spiro atoms. The first-order valence-electron chi connectivity index (χ1n) is 9.48. The van der Waals surface area contributed by atoms with Crippen LogP contribution in [0, 0.1) is 26.6 Å². The van der Waals surface area contributed by atoms with Gasteiger partial charge in [-0.3, -0.25) is 9.10 Å². The Bertz CT molecular complexity index is 1260. The molecule has 0 radical (unpaired) electrons. The third-order valence-corrected chi connectivity index (χ3v) is 7.02. The zero-order valence-corrected chi connectivity index (χ0v) is 17.7. The van der Waals surface area contributed by atoms with Crippen LogP contribution in [0.2, 0.25) is 0 Å². The minimum absolute atomic E-state index is 0.0543. The number of amides is 1. The molecule has 0 bridgehead atoms. The molecule has 0 saturated heterocycles. The number of hydrogen-bond acceptors (Lipinski definition) is 3. The lowest BCUT2D eigenvalue weighted by molar-refractivity contribution is -0.114. The van der Waals surface area contributed by atoms with E-state index in [1.807, 2.05) is 32.9 Å². The van der Waals surface area contributed by atoms with Crippen molar-refractivity contribution in [3.05, 3.63) is 77.1 Å². The summed E-state index contributed by atoms with van der Waals surface area (Å²) in [6.07, 6.45) is 0. The Morgan fingerprint density at radius 2 is 1.63 bits per heavy atom. The molecule has 0 unspecified atom stereocenters. The second kappa shape index (κ2) is 7.25. The smallest absolute Gasteiger partial charge is 0.265 e. The minimum Gasteiger partial charge on any atom is -0.324 e. The van der Waals surface area contributed by atoms with E-state index in [-0.39, 0.29) is 10.6 Å². The lowest BCUT2D eigenvalue weighted by atomic mass is 10.0. The molecule has 154 valence electrons. The number of anilines is 2. The Kier molecular flexibility index (Phi) is 4.86. The van der Waals surface area contributed by atoms with E-state index in [9.17, 15) is 17.6 Å². The predicted octanol–water partition coefficient (Wildman–Crippen LogP) is 4.57. The van der Waals surface area contributed by atoms with Crippen molar-refractivity contribution in [1.82, 2.24) is 0 Å². The van der Waals surface area contributed by atoms with Gasteiger partial charge in [0.1, 0.15) is 12.4 Å². The van der Waals surface area contributed by atoms with E-state index in [1.165, 1.54) is 24.3 Å². The molecule has 0 atom stereocenters.